The monoisotopic (exact) mass is 267 g/mol. The van der Waals surface area contributed by atoms with Gasteiger partial charge in [-0.25, -0.2) is 0 Å². The van der Waals surface area contributed by atoms with Crippen molar-refractivity contribution in [1.82, 2.24) is 0 Å². The van der Waals surface area contributed by atoms with Gasteiger partial charge in [-0.15, -0.1) is 0 Å². The summed E-state index contributed by atoms with van der Waals surface area (Å²) in [5.41, 5.74) is 5.29. The molecule has 2 rings (SSSR count). The third kappa shape index (κ3) is 4.73. The van der Waals surface area contributed by atoms with Gasteiger partial charge in [0.1, 0.15) is 0 Å². The molecule has 0 radical (unpaired) electrons. The van der Waals surface area contributed by atoms with E-state index in [1.54, 1.807) is 0 Å². The van der Waals surface area contributed by atoms with Gasteiger partial charge in [0.05, 0.1) is 0 Å². The normalized spacial score (nSPS) is 10.5. The third-order valence-electron chi connectivity index (χ3n) is 3.60. The van der Waals surface area contributed by atoms with E-state index in [4.69, 9.17) is 0 Å². The van der Waals surface area contributed by atoms with Gasteiger partial charge in [-0.1, -0.05) is 61.7 Å². The van der Waals surface area contributed by atoms with Gasteiger partial charge in [0, 0.05) is 12.2 Å². The summed E-state index contributed by atoms with van der Waals surface area (Å²) in [6.07, 6.45) is 5.11. The number of hydrogen-bond donors (Lipinski definition) is 1. The van der Waals surface area contributed by atoms with Crippen LogP contribution in [0.2, 0.25) is 0 Å². The summed E-state index contributed by atoms with van der Waals surface area (Å²) >= 11 is 0. The van der Waals surface area contributed by atoms with Crippen molar-refractivity contribution in [2.75, 3.05) is 5.32 Å². The molecule has 0 aliphatic carbocycles. The van der Waals surface area contributed by atoms with Crippen molar-refractivity contribution in [3.05, 3.63) is 65.2 Å². The molecule has 1 N–H and O–H groups in total. The SMILES string of the molecule is CCCCCc1ccc(NCc2cccc(C)c2)cc1. The van der Waals surface area contributed by atoms with Crippen molar-refractivity contribution in [1.29, 1.82) is 0 Å². The Labute approximate surface area is 123 Å². The molecule has 0 spiro atoms. The average Bonchev–Trinajstić information content (AvgIpc) is 2.47. The maximum atomic E-state index is 3.48. The van der Waals surface area contributed by atoms with Gasteiger partial charge in [0.15, 0.2) is 0 Å². The van der Waals surface area contributed by atoms with Crippen LogP contribution in [-0.2, 0) is 13.0 Å². The highest BCUT2D eigenvalue weighted by molar-refractivity contribution is 5.45. The van der Waals surface area contributed by atoms with Gasteiger partial charge < -0.3 is 5.32 Å². The molecule has 2 aromatic carbocycles. The standard InChI is InChI=1S/C19H25N/c1-3-4-5-8-17-10-12-19(13-11-17)20-15-18-9-6-7-16(2)14-18/h6-7,9-14,20H,3-5,8,15H2,1-2H3. The molecular formula is C19H25N. The van der Waals surface area contributed by atoms with E-state index in [2.05, 4.69) is 67.7 Å². The second kappa shape index (κ2) is 7.74. The number of benzene rings is 2. The number of aryl methyl sites for hydroxylation is 2. The van der Waals surface area contributed by atoms with Crippen molar-refractivity contribution >= 4 is 5.69 Å². The first-order valence-electron chi connectivity index (χ1n) is 7.66. The summed E-state index contributed by atoms with van der Waals surface area (Å²) in [7, 11) is 0. The molecule has 0 unspecified atom stereocenters. The Morgan fingerprint density at radius 3 is 2.40 bits per heavy atom. The van der Waals surface area contributed by atoms with E-state index < -0.39 is 0 Å². The van der Waals surface area contributed by atoms with Crippen molar-refractivity contribution in [2.45, 2.75) is 46.1 Å². The minimum Gasteiger partial charge on any atom is -0.381 e. The maximum absolute atomic E-state index is 3.48. The molecule has 0 fully saturated rings. The molecule has 0 atom stereocenters. The molecule has 2 aromatic rings. The predicted octanol–water partition coefficient (Wildman–Crippen LogP) is 5.34. The second-order valence-electron chi connectivity index (χ2n) is 5.50. The quantitative estimate of drug-likeness (QED) is 0.668. The Bertz CT molecular complexity index is 514. The summed E-state index contributed by atoms with van der Waals surface area (Å²) in [5.74, 6) is 0. The topological polar surface area (TPSA) is 12.0 Å². The minimum absolute atomic E-state index is 0.886. The summed E-state index contributed by atoms with van der Waals surface area (Å²) in [6, 6.07) is 17.5. The number of unbranched alkanes of at least 4 members (excludes halogenated alkanes) is 2. The minimum atomic E-state index is 0.886. The van der Waals surface area contributed by atoms with E-state index >= 15 is 0 Å². The maximum Gasteiger partial charge on any atom is 0.0400 e. The number of nitrogens with one attached hydrogen (secondary N) is 1. The van der Waals surface area contributed by atoms with Crippen LogP contribution >= 0.6 is 0 Å². The second-order valence-corrected chi connectivity index (χ2v) is 5.50. The molecule has 0 aromatic heterocycles. The zero-order valence-electron chi connectivity index (χ0n) is 12.7. The fourth-order valence-corrected chi connectivity index (χ4v) is 2.39. The van der Waals surface area contributed by atoms with Crippen molar-refractivity contribution in [2.24, 2.45) is 0 Å². The average molecular weight is 267 g/mol. The van der Waals surface area contributed by atoms with E-state index in [0.717, 1.165) is 6.54 Å². The Morgan fingerprint density at radius 1 is 0.900 bits per heavy atom. The lowest BCUT2D eigenvalue weighted by atomic mass is 10.1. The van der Waals surface area contributed by atoms with E-state index in [0.29, 0.717) is 0 Å². The molecule has 0 bridgehead atoms. The van der Waals surface area contributed by atoms with Gasteiger partial charge in [0.2, 0.25) is 0 Å². The van der Waals surface area contributed by atoms with E-state index in [1.165, 1.54) is 48.1 Å². The first kappa shape index (κ1) is 14.6. The van der Waals surface area contributed by atoms with Gasteiger partial charge >= 0.3 is 0 Å². The van der Waals surface area contributed by atoms with Gasteiger partial charge in [-0.3, -0.25) is 0 Å². The molecule has 20 heavy (non-hydrogen) atoms. The molecule has 0 saturated heterocycles. The van der Waals surface area contributed by atoms with E-state index in [-0.39, 0.29) is 0 Å². The zero-order chi connectivity index (χ0) is 14.2. The van der Waals surface area contributed by atoms with Crippen LogP contribution in [0.3, 0.4) is 0 Å². The van der Waals surface area contributed by atoms with Gasteiger partial charge in [-0.05, 0) is 43.0 Å². The first-order chi connectivity index (χ1) is 9.78. The molecule has 1 heteroatoms. The fraction of sp³-hybridized carbons (Fsp3) is 0.368. The largest absolute Gasteiger partial charge is 0.381 e. The van der Waals surface area contributed by atoms with Crippen LogP contribution in [-0.4, -0.2) is 0 Å². The van der Waals surface area contributed by atoms with Crippen LogP contribution in [0.5, 0.6) is 0 Å². The Morgan fingerprint density at radius 2 is 1.70 bits per heavy atom. The molecule has 0 aliphatic rings. The molecule has 1 nitrogen and oxygen atoms in total. The molecule has 106 valence electrons. The van der Waals surface area contributed by atoms with Crippen LogP contribution in [0.1, 0.15) is 42.9 Å². The smallest absolute Gasteiger partial charge is 0.0400 e. The first-order valence-corrected chi connectivity index (χ1v) is 7.66. The van der Waals surface area contributed by atoms with Crippen LogP contribution in [0.25, 0.3) is 0 Å². The predicted molar refractivity (Wildman–Crippen MR) is 88.2 cm³/mol. The molecule has 0 saturated carbocycles. The molecule has 0 amide bonds. The van der Waals surface area contributed by atoms with Crippen molar-refractivity contribution in [3.63, 3.8) is 0 Å². The summed E-state index contributed by atoms with van der Waals surface area (Å²) in [4.78, 5) is 0. The lowest BCUT2D eigenvalue weighted by molar-refractivity contribution is 0.717. The lowest BCUT2D eigenvalue weighted by Gasteiger charge is -2.08. The Balaban J connectivity index is 1.84. The molecule has 0 aliphatic heterocycles. The van der Waals surface area contributed by atoms with Crippen LogP contribution in [0.4, 0.5) is 5.69 Å². The number of anilines is 1. The Hall–Kier alpha value is -1.76. The highest BCUT2D eigenvalue weighted by atomic mass is 14.9. The van der Waals surface area contributed by atoms with Crippen molar-refractivity contribution in [3.8, 4) is 0 Å². The highest BCUT2D eigenvalue weighted by Gasteiger charge is 1.96. The summed E-state index contributed by atoms with van der Waals surface area (Å²) < 4.78 is 0. The van der Waals surface area contributed by atoms with E-state index in [9.17, 15) is 0 Å². The Kier molecular flexibility index (Phi) is 5.67. The van der Waals surface area contributed by atoms with Crippen LogP contribution in [0, 0.1) is 6.92 Å². The van der Waals surface area contributed by atoms with Crippen LogP contribution in [0.15, 0.2) is 48.5 Å². The van der Waals surface area contributed by atoms with Crippen molar-refractivity contribution < 1.29 is 0 Å². The van der Waals surface area contributed by atoms with Gasteiger partial charge in [-0.2, -0.15) is 0 Å². The van der Waals surface area contributed by atoms with E-state index in [1.807, 2.05) is 0 Å². The zero-order valence-corrected chi connectivity index (χ0v) is 12.7. The lowest BCUT2D eigenvalue weighted by Crippen LogP contribution is -1.99. The molecular weight excluding hydrogens is 242 g/mol. The number of rotatable bonds is 7. The van der Waals surface area contributed by atoms with Crippen LogP contribution < -0.4 is 5.32 Å². The molecule has 0 heterocycles. The number of hydrogen-bond acceptors (Lipinski definition) is 1. The summed E-state index contributed by atoms with van der Waals surface area (Å²) in [5, 5.41) is 3.48. The van der Waals surface area contributed by atoms with Gasteiger partial charge in [0.25, 0.3) is 0 Å². The highest BCUT2D eigenvalue weighted by Crippen LogP contribution is 2.14. The fourth-order valence-electron chi connectivity index (χ4n) is 2.39. The summed E-state index contributed by atoms with van der Waals surface area (Å²) in [6.45, 7) is 5.27. The third-order valence-corrected chi connectivity index (χ3v) is 3.60.